The monoisotopic (exact) mass is 341 g/mol. The Morgan fingerprint density at radius 2 is 1.92 bits per heavy atom. The van der Waals surface area contributed by atoms with Crippen LogP contribution in [-0.2, 0) is 10.9 Å². The van der Waals surface area contributed by atoms with E-state index in [1.54, 1.807) is 13.2 Å². The van der Waals surface area contributed by atoms with Crippen LogP contribution >= 0.6 is 0 Å². The third-order valence-corrected chi connectivity index (χ3v) is 4.70. The third kappa shape index (κ3) is 3.70. The summed E-state index contributed by atoms with van der Waals surface area (Å²) in [6.45, 7) is 8.93. The zero-order valence-electron chi connectivity index (χ0n) is 15.0. The molecule has 1 unspecified atom stereocenters. The molecule has 1 atom stereocenters. The molecule has 134 valence electrons. The van der Waals surface area contributed by atoms with E-state index in [9.17, 15) is 13.2 Å². The predicted octanol–water partition coefficient (Wildman–Crippen LogP) is 5.94. The zero-order chi connectivity index (χ0) is 18.1. The van der Waals surface area contributed by atoms with Gasteiger partial charge < -0.3 is 9.64 Å². The number of benzene rings is 1. The van der Waals surface area contributed by atoms with Crippen molar-refractivity contribution in [2.24, 2.45) is 5.92 Å². The first-order chi connectivity index (χ1) is 11.2. The van der Waals surface area contributed by atoms with E-state index in [1.807, 2.05) is 18.7 Å². The molecule has 2 rings (SSSR count). The maximum absolute atomic E-state index is 13.1. The van der Waals surface area contributed by atoms with Crippen molar-refractivity contribution in [2.75, 3.05) is 18.6 Å². The number of ether oxygens (including phenoxy) is 1. The first kappa shape index (κ1) is 18.7. The number of alkyl halides is 3. The lowest BCUT2D eigenvalue weighted by molar-refractivity contribution is -0.137. The summed E-state index contributed by atoms with van der Waals surface area (Å²) in [6.07, 6.45) is -2.41. The maximum atomic E-state index is 13.1. The van der Waals surface area contributed by atoms with Crippen LogP contribution < -0.4 is 4.90 Å². The van der Waals surface area contributed by atoms with Gasteiger partial charge in [-0.25, -0.2) is 0 Å². The summed E-state index contributed by atoms with van der Waals surface area (Å²) >= 11 is 0. The van der Waals surface area contributed by atoms with Crippen LogP contribution in [0, 0.1) is 5.92 Å². The molecule has 24 heavy (non-hydrogen) atoms. The van der Waals surface area contributed by atoms with Crippen LogP contribution in [0.4, 0.5) is 18.9 Å². The van der Waals surface area contributed by atoms with Crippen molar-refractivity contribution in [1.29, 1.82) is 0 Å². The lowest BCUT2D eigenvalue weighted by Crippen LogP contribution is -2.32. The average molecular weight is 341 g/mol. The Balaban J connectivity index is 2.45. The molecule has 0 saturated heterocycles. The van der Waals surface area contributed by atoms with Crippen LogP contribution in [0.25, 0.3) is 0 Å². The van der Waals surface area contributed by atoms with E-state index in [1.165, 1.54) is 12.1 Å². The van der Waals surface area contributed by atoms with E-state index in [0.29, 0.717) is 24.0 Å². The molecule has 0 amide bonds. The van der Waals surface area contributed by atoms with Crippen LogP contribution in [0.2, 0.25) is 0 Å². The molecule has 1 aromatic rings. The van der Waals surface area contributed by atoms with Gasteiger partial charge in [0.05, 0.1) is 12.7 Å². The summed E-state index contributed by atoms with van der Waals surface area (Å²) in [6, 6.07) is 4.04. The zero-order valence-corrected chi connectivity index (χ0v) is 15.0. The molecule has 0 saturated carbocycles. The predicted molar refractivity (Wildman–Crippen MR) is 91.0 cm³/mol. The minimum Gasteiger partial charge on any atom is -0.482 e. The molecule has 1 aliphatic rings. The van der Waals surface area contributed by atoms with Crippen LogP contribution in [-0.4, -0.2) is 13.7 Å². The average Bonchev–Trinajstić information content (AvgIpc) is 2.50. The Hall–Kier alpha value is -1.65. The fourth-order valence-electron chi connectivity index (χ4n) is 3.21. The minimum absolute atomic E-state index is 0.0404. The van der Waals surface area contributed by atoms with Gasteiger partial charge >= 0.3 is 6.18 Å². The summed E-state index contributed by atoms with van der Waals surface area (Å²) in [7, 11) is 1.58. The minimum atomic E-state index is -4.34. The number of rotatable bonds is 5. The molecule has 5 heteroatoms. The van der Waals surface area contributed by atoms with E-state index < -0.39 is 11.7 Å². The Bertz CT molecular complexity index is 620. The van der Waals surface area contributed by atoms with E-state index in [0.717, 1.165) is 24.0 Å². The van der Waals surface area contributed by atoms with Crippen molar-refractivity contribution in [3.63, 3.8) is 0 Å². The van der Waals surface area contributed by atoms with Crippen molar-refractivity contribution >= 4 is 5.69 Å². The summed E-state index contributed by atoms with van der Waals surface area (Å²) in [4.78, 5) is 1.91. The summed E-state index contributed by atoms with van der Waals surface area (Å²) in [5, 5.41) is 0. The van der Waals surface area contributed by atoms with Crippen molar-refractivity contribution in [3.05, 3.63) is 40.8 Å². The van der Waals surface area contributed by atoms with Gasteiger partial charge in [-0.05, 0) is 49.0 Å². The smallest absolute Gasteiger partial charge is 0.416 e. The van der Waals surface area contributed by atoms with E-state index in [4.69, 9.17) is 4.74 Å². The summed E-state index contributed by atoms with van der Waals surface area (Å²) in [5.74, 6) is 1.28. The van der Waals surface area contributed by atoms with Crippen molar-refractivity contribution in [1.82, 2.24) is 0 Å². The Kier molecular flexibility index (Phi) is 5.51. The molecular formula is C19H26F3NO. The molecule has 0 aromatic heterocycles. The third-order valence-electron chi connectivity index (χ3n) is 4.70. The van der Waals surface area contributed by atoms with Crippen molar-refractivity contribution in [3.8, 4) is 0 Å². The maximum Gasteiger partial charge on any atom is 0.416 e. The number of anilines is 1. The van der Waals surface area contributed by atoms with E-state index in [2.05, 4.69) is 13.8 Å². The molecule has 0 aliphatic carbocycles. The number of fused-ring (bicyclic) bond motifs is 1. The first-order valence-corrected chi connectivity index (χ1v) is 8.40. The molecule has 1 aliphatic heterocycles. The fourth-order valence-corrected chi connectivity index (χ4v) is 3.21. The molecule has 0 spiro atoms. The highest BCUT2D eigenvalue weighted by atomic mass is 19.4. The number of halogens is 3. The molecule has 1 aromatic carbocycles. The molecular weight excluding hydrogens is 315 g/mol. The highest BCUT2D eigenvalue weighted by molar-refractivity contribution is 5.65. The largest absolute Gasteiger partial charge is 0.482 e. The van der Waals surface area contributed by atoms with Gasteiger partial charge in [0.2, 0.25) is 0 Å². The number of allylic oxidation sites excluding steroid dienone is 1. The number of nitrogens with zero attached hydrogens (tertiary/aromatic N) is 1. The number of methoxy groups -OCH3 is 1. The SMILES string of the molecule is COC1=C(C)C(C)c2ccc(C(F)(F)F)cc2N1CCCC(C)C. The summed E-state index contributed by atoms with van der Waals surface area (Å²) in [5.41, 5.74) is 1.97. The van der Waals surface area contributed by atoms with Gasteiger partial charge in [-0.1, -0.05) is 26.8 Å². The molecule has 2 nitrogen and oxygen atoms in total. The van der Waals surface area contributed by atoms with Crippen molar-refractivity contribution in [2.45, 2.75) is 52.6 Å². The second-order valence-electron chi connectivity index (χ2n) is 6.87. The van der Waals surface area contributed by atoms with Crippen LogP contribution in [0.3, 0.4) is 0 Å². The van der Waals surface area contributed by atoms with Crippen LogP contribution in [0.5, 0.6) is 0 Å². The molecule has 0 bridgehead atoms. The highest BCUT2D eigenvalue weighted by Crippen LogP contribution is 2.43. The van der Waals surface area contributed by atoms with Gasteiger partial charge in [0.1, 0.15) is 0 Å². The van der Waals surface area contributed by atoms with Gasteiger partial charge in [0, 0.05) is 18.2 Å². The summed E-state index contributed by atoms with van der Waals surface area (Å²) < 4.78 is 45.0. The number of hydrogen-bond donors (Lipinski definition) is 0. The Morgan fingerprint density at radius 3 is 2.46 bits per heavy atom. The van der Waals surface area contributed by atoms with Crippen molar-refractivity contribution < 1.29 is 17.9 Å². The second-order valence-corrected chi connectivity index (χ2v) is 6.87. The molecule has 0 radical (unpaired) electrons. The molecule has 0 fully saturated rings. The normalized spacial score (nSPS) is 18.2. The van der Waals surface area contributed by atoms with Crippen LogP contribution in [0.1, 0.15) is 57.6 Å². The quantitative estimate of drug-likeness (QED) is 0.657. The highest BCUT2D eigenvalue weighted by Gasteiger charge is 2.35. The van der Waals surface area contributed by atoms with Gasteiger partial charge in [0.15, 0.2) is 5.88 Å². The van der Waals surface area contributed by atoms with Gasteiger partial charge in [-0.15, -0.1) is 0 Å². The fraction of sp³-hybridized carbons (Fsp3) is 0.579. The Labute approximate surface area is 142 Å². The van der Waals surface area contributed by atoms with Gasteiger partial charge in [0.25, 0.3) is 0 Å². The van der Waals surface area contributed by atoms with E-state index in [-0.39, 0.29) is 5.92 Å². The Morgan fingerprint density at radius 1 is 1.25 bits per heavy atom. The standard InChI is InChI=1S/C19H26F3NO/c1-12(2)7-6-10-23-17-11-15(19(20,21)22)8-9-16(17)13(3)14(4)18(23)24-5/h8-9,11-13H,6-7,10H2,1-5H3. The van der Waals surface area contributed by atoms with E-state index >= 15 is 0 Å². The first-order valence-electron chi connectivity index (χ1n) is 8.40. The van der Waals surface area contributed by atoms with Gasteiger partial charge in [-0.2, -0.15) is 13.2 Å². The number of hydrogen-bond acceptors (Lipinski definition) is 2. The topological polar surface area (TPSA) is 12.5 Å². The molecule has 1 heterocycles. The second kappa shape index (κ2) is 7.08. The van der Waals surface area contributed by atoms with Crippen LogP contribution in [0.15, 0.2) is 29.7 Å². The lowest BCUT2D eigenvalue weighted by Gasteiger charge is -2.37. The molecule has 0 N–H and O–H groups in total. The van der Waals surface area contributed by atoms with Gasteiger partial charge in [-0.3, -0.25) is 0 Å². The lowest BCUT2D eigenvalue weighted by atomic mass is 9.88.